The van der Waals surface area contributed by atoms with Crippen LogP contribution in [0.3, 0.4) is 0 Å². The van der Waals surface area contributed by atoms with E-state index >= 15 is 0 Å². The Balaban J connectivity index is 1.21. The van der Waals surface area contributed by atoms with Crippen LogP contribution in [0.1, 0.15) is 35.7 Å². The van der Waals surface area contributed by atoms with E-state index in [-0.39, 0.29) is 0 Å². The second-order valence-electron chi connectivity index (χ2n) is 8.70. The first-order chi connectivity index (χ1) is 16.7. The molecule has 168 valence electrons. The summed E-state index contributed by atoms with van der Waals surface area (Å²) in [6.07, 6.45) is 8.18. The summed E-state index contributed by atoms with van der Waals surface area (Å²) in [7, 11) is 0. The predicted octanol–water partition coefficient (Wildman–Crippen LogP) is 3.83. The van der Waals surface area contributed by atoms with Crippen LogP contribution in [-0.2, 0) is 6.54 Å². The van der Waals surface area contributed by atoms with Crippen LogP contribution in [0.15, 0.2) is 53.6 Å². The lowest BCUT2D eigenvalue weighted by Crippen LogP contribution is -2.03. The minimum absolute atomic E-state index is 0.593. The molecule has 1 saturated carbocycles. The molecule has 0 atom stereocenters. The molecule has 1 aliphatic carbocycles. The molecule has 1 aromatic carbocycles. The Bertz CT molecular complexity index is 1650. The second kappa shape index (κ2) is 7.24. The molecule has 11 nitrogen and oxygen atoms in total. The molecule has 7 rings (SSSR count). The summed E-state index contributed by atoms with van der Waals surface area (Å²) in [6, 6.07) is 9.86. The van der Waals surface area contributed by atoms with E-state index in [4.69, 9.17) is 9.61 Å². The highest BCUT2D eigenvalue weighted by Crippen LogP contribution is 2.39. The summed E-state index contributed by atoms with van der Waals surface area (Å²) in [4.78, 5) is 9.53. The number of anilines is 2. The molecule has 0 aliphatic heterocycles. The van der Waals surface area contributed by atoms with Gasteiger partial charge in [0.1, 0.15) is 16.7 Å². The Morgan fingerprint density at radius 1 is 1.09 bits per heavy atom. The van der Waals surface area contributed by atoms with Crippen molar-refractivity contribution < 1.29 is 4.63 Å². The molecule has 1 aliphatic rings. The number of aromatic amines is 1. The number of H-pyrrole nitrogens is 1. The average Bonchev–Trinajstić information content (AvgIpc) is 3.21. The summed E-state index contributed by atoms with van der Waals surface area (Å²) < 4.78 is 8.60. The smallest absolute Gasteiger partial charge is 0.215 e. The van der Waals surface area contributed by atoms with Crippen molar-refractivity contribution >= 4 is 28.4 Å². The fourth-order valence-corrected chi connectivity index (χ4v) is 4.16. The largest absolute Gasteiger partial charge is 0.308 e. The summed E-state index contributed by atoms with van der Waals surface area (Å²) in [5, 5.41) is 23.2. The van der Waals surface area contributed by atoms with Gasteiger partial charge in [-0.25, -0.2) is 14.6 Å². The first kappa shape index (κ1) is 19.0. The van der Waals surface area contributed by atoms with Gasteiger partial charge in [0.05, 0.1) is 24.1 Å². The number of fused-ring (bicyclic) bond motifs is 2. The Morgan fingerprint density at radius 2 is 2.00 bits per heavy atom. The highest BCUT2D eigenvalue weighted by molar-refractivity contribution is 5.73. The molecule has 5 heterocycles. The van der Waals surface area contributed by atoms with E-state index in [1.807, 2.05) is 58.9 Å². The molecule has 5 aromatic heterocycles. The average molecular weight is 452 g/mol. The first-order valence-electron chi connectivity index (χ1n) is 11.1. The van der Waals surface area contributed by atoms with E-state index in [1.165, 1.54) is 12.8 Å². The number of rotatable bonds is 6. The van der Waals surface area contributed by atoms with Gasteiger partial charge in [0, 0.05) is 41.7 Å². The van der Waals surface area contributed by atoms with Crippen molar-refractivity contribution in [3.63, 3.8) is 0 Å². The Hall–Kier alpha value is -4.54. The van der Waals surface area contributed by atoms with Gasteiger partial charge in [-0.2, -0.15) is 10.2 Å². The van der Waals surface area contributed by atoms with E-state index < -0.39 is 0 Å². The number of imidazole rings is 1. The topological polar surface area (TPSA) is 128 Å². The van der Waals surface area contributed by atoms with E-state index in [9.17, 15) is 0 Å². The van der Waals surface area contributed by atoms with Crippen LogP contribution in [0.2, 0.25) is 0 Å². The lowest BCUT2D eigenvalue weighted by molar-refractivity contribution is 0.315. The zero-order valence-corrected chi connectivity index (χ0v) is 18.3. The SMILES string of the molecule is Cc1cn2c(Nc3cc(C4CC4)[nH]n3)nc(-c3cnn(Cc4ccc5nonc5c4)c3)cc2n1. The van der Waals surface area contributed by atoms with Crippen molar-refractivity contribution in [1.82, 2.24) is 44.7 Å². The molecule has 0 amide bonds. The molecule has 0 unspecified atom stereocenters. The van der Waals surface area contributed by atoms with Crippen LogP contribution in [0.5, 0.6) is 0 Å². The Kier molecular flexibility index (Phi) is 4.04. The van der Waals surface area contributed by atoms with Crippen LogP contribution >= 0.6 is 0 Å². The van der Waals surface area contributed by atoms with E-state index in [1.54, 1.807) is 0 Å². The van der Waals surface area contributed by atoms with Crippen LogP contribution in [0.4, 0.5) is 11.8 Å². The van der Waals surface area contributed by atoms with Crippen molar-refractivity contribution in [3.05, 3.63) is 65.9 Å². The number of nitrogens with zero attached hydrogens (tertiary/aromatic N) is 8. The number of nitrogens with one attached hydrogen (secondary N) is 2. The van der Waals surface area contributed by atoms with E-state index in [0.29, 0.717) is 18.4 Å². The minimum atomic E-state index is 0.593. The Labute approximate surface area is 192 Å². The molecule has 34 heavy (non-hydrogen) atoms. The lowest BCUT2D eigenvalue weighted by Gasteiger charge is -2.07. The molecule has 0 radical (unpaired) electrons. The molecular formula is C23H20N10O. The van der Waals surface area contributed by atoms with Gasteiger partial charge in [0.25, 0.3) is 0 Å². The summed E-state index contributed by atoms with van der Waals surface area (Å²) >= 11 is 0. The van der Waals surface area contributed by atoms with Gasteiger partial charge in [-0.1, -0.05) is 6.07 Å². The van der Waals surface area contributed by atoms with Gasteiger partial charge >= 0.3 is 0 Å². The highest BCUT2D eigenvalue weighted by Gasteiger charge is 2.25. The summed E-state index contributed by atoms with van der Waals surface area (Å²) in [5.74, 6) is 2.00. The van der Waals surface area contributed by atoms with Gasteiger partial charge in [0.15, 0.2) is 5.82 Å². The normalized spacial score (nSPS) is 13.8. The predicted molar refractivity (Wildman–Crippen MR) is 124 cm³/mol. The molecule has 11 heteroatoms. The van der Waals surface area contributed by atoms with Gasteiger partial charge in [0.2, 0.25) is 5.95 Å². The minimum Gasteiger partial charge on any atom is -0.308 e. The molecule has 0 saturated heterocycles. The third kappa shape index (κ3) is 3.38. The van der Waals surface area contributed by atoms with Gasteiger partial charge in [-0.15, -0.1) is 0 Å². The number of hydrogen-bond donors (Lipinski definition) is 2. The fraction of sp³-hybridized carbons (Fsp3) is 0.217. The second-order valence-corrected chi connectivity index (χ2v) is 8.70. The standard InChI is InChI=1S/C23H20N10O/c1-13-10-33-22(25-13)8-18(26-23(33)27-21-7-19(28-29-21)15-3-4-15)16-9-24-32(12-16)11-14-2-5-17-20(6-14)31-34-30-17/h2,5-10,12,15H,3-4,11H2,1H3,(H2,26,27,28,29). The Morgan fingerprint density at radius 3 is 2.91 bits per heavy atom. The number of benzene rings is 1. The maximum atomic E-state index is 4.88. The molecule has 0 spiro atoms. The molecule has 2 N–H and O–H groups in total. The third-order valence-corrected chi connectivity index (χ3v) is 6.02. The van der Waals surface area contributed by atoms with Crippen molar-refractivity contribution in [2.24, 2.45) is 0 Å². The van der Waals surface area contributed by atoms with Crippen molar-refractivity contribution in [3.8, 4) is 11.3 Å². The monoisotopic (exact) mass is 452 g/mol. The quantitative estimate of drug-likeness (QED) is 0.390. The van der Waals surface area contributed by atoms with E-state index in [0.717, 1.165) is 50.7 Å². The van der Waals surface area contributed by atoms with Crippen molar-refractivity contribution in [2.75, 3.05) is 5.32 Å². The van der Waals surface area contributed by atoms with Crippen LogP contribution < -0.4 is 5.32 Å². The third-order valence-electron chi connectivity index (χ3n) is 6.02. The maximum absolute atomic E-state index is 4.88. The zero-order valence-electron chi connectivity index (χ0n) is 18.3. The molecule has 0 bridgehead atoms. The van der Waals surface area contributed by atoms with Gasteiger partial charge < -0.3 is 5.32 Å². The van der Waals surface area contributed by atoms with Crippen molar-refractivity contribution in [1.29, 1.82) is 0 Å². The molecular weight excluding hydrogens is 432 g/mol. The lowest BCUT2D eigenvalue weighted by atomic mass is 10.2. The zero-order chi connectivity index (χ0) is 22.6. The van der Waals surface area contributed by atoms with Gasteiger partial charge in [-0.3, -0.25) is 14.2 Å². The fourth-order valence-electron chi connectivity index (χ4n) is 4.16. The summed E-state index contributed by atoms with van der Waals surface area (Å²) in [6.45, 7) is 2.56. The van der Waals surface area contributed by atoms with Crippen LogP contribution in [0, 0.1) is 6.92 Å². The number of aromatic nitrogens is 9. The number of aryl methyl sites for hydroxylation is 1. The van der Waals surface area contributed by atoms with Gasteiger partial charge in [-0.05, 0) is 47.8 Å². The van der Waals surface area contributed by atoms with Crippen molar-refractivity contribution in [2.45, 2.75) is 32.2 Å². The number of hydrogen-bond acceptors (Lipinski definition) is 8. The maximum Gasteiger partial charge on any atom is 0.215 e. The van der Waals surface area contributed by atoms with Crippen LogP contribution in [0.25, 0.3) is 27.9 Å². The molecule has 6 aromatic rings. The van der Waals surface area contributed by atoms with Crippen LogP contribution in [-0.4, -0.2) is 44.7 Å². The highest BCUT2D eigenvalue weighted by atomic mass is 16.6. The first-order valence-corrected chi connectivity index (χ1v) is 11.1. The molecule has 1 fully saturated rings. The van der Waals surface area contributed by atoms with E-state index in [2.05, 4.69) is 42.0 Å². The summed E-state index contributed by atoms with van der Waals surface area (Å²) in [5.41, 5.74) is 7.08.